The molecule has 1 fully saturated rings. The predicted octanol–water partition coefficient (Wildman–Crippen LogP) is 4.93. The number of anilines is 2. The second-order valence-corrected chi connectivity index (χ2v) is 7.66. The van der Waals surface area contributed by atoms with Gasteiger partial charge in [-0.05, 0) is 61.4 Å². The maximum absolute atomic E-state index is 11.5. The molecule has 33 heavy (non-hydrogen) atoms. The van der Waals surface area contributed by atoms with Gasteiger partial charge in [-0.1, -0.05) is 12.1 Å². The number of cyclic esters (lactones) is 1. The monoisotopic (exact) mass is 448 g/mol. The van der Waals surface area contributed by atoms with Crippen molar-refractivity contribution in [2.24, 2.45) is 0 Å². The second-order valence-electron chi connectivity index (χ2n) is 7.66. The van der Waals surface area contributed by atoms with Gasteiger partial charge < -0.3 is 19.3 Å². The number of amides is 1. The smallest absolute Gasteiger partial charge is 0.409 e. The lowest BCUT2D eigenvalue weighted by atomic mass is 10.1. The fourth-order valence-electron chi connectivity index (χ4n) is 3.64. The van der Waals surface area contributed by atoms with E-state index in [2.05, 4.69) is 4.98 Å². The molecule has 3 aromatic rings. The van der Waals surface area contributed by atoms with E-state index in [1.807, 2.05) is 60.4 Å². The Hall–Kier alpha value is -4.14. The summed E-state index contributed by atoms with van der Waals surface area (Å²) in [5, 5.41) is 10.8. The highest BCUT2D eigenvalue weighted by Crippen LogP contribution is 2.29. The zero-order valence-electron chi connectivity index (χ0n) is 18.4. The van der Waals surface area contributed by atoms with Gasteiger partial charge in [0.25, 0.3) is 5.69 Å². The Kier molecular flexibility index (Phi) is 6.39. The molecule has 0 spiro atoms. The Morgan fingerprint density at radius 2 is 1.79 bits per heavy atom. The van der Waals surface area contributed by atoms with Crippen LogP contribution in [-0.2, 0) is 11.2 Å². The number of hydrogen-bond acceptors (Lipinski definition) is 7. The number of nitro groups is 1. The number of carbonyl (C=O) groups excluding carboxylic acids is 1. The molecule has 0 bridgehead atoms. The molecule has 4 rings (SSSR count). The SMILES string of the molecule is CCN(c1ccc(Oc2ccc(C[C@H]3COC(=O)N3C)cc2)cc1)c1ccc([N+](=O)[O-])cn1. The molecule has 0 saturated carbocycles. The van der Waals surface area contributed by atoms with E-state index in [1.54, 1.807) is 18.0 Å². The number of aromatic nitrogens is 1. The average Bonchev–Trinajstić information content (AvgIpc) is 3.14. The van der Waals surface area contributed by atoms with E-state index in [0.717, 1.165) is 17.7 Å². The van der Waals surface area contributed by atoms with E-state index in [9.17, 15) is 14.9 Å². The zero-order chi connectivity index (χ0) is 23.4. The van der Waals surface area contributed by atoms with Crippen LogP contribution in [0.4, 0.5) is 22.0 Å². The van der Waals surface area contributed by atoms with Gasteiger partial charge in [0.2, 0.25) is 0 Å². The van der Waals surface area contributed by atoms with Gasteiger partial charge in [-0.3, -0.25) is 10.1 Å². The summed E-state index contributed by atoms with van der Waals surface area (Å²) in [6, 6.07) is 18.5. The maximum Gasteiger partial charge on any atom is 0.409 e. The molecule has 0 radical (unpaired) electrons. The van der Waals surface area contributed by atoms with Crippen LogP contribution in [0.3, 0.4) is 0 Å². The Labute approximate surface area is 191 Å². The Morgan fingerprint density at radius 1 is 1.12 bits per heavy atom. The summed E-state index contributed by atoms with van der Waals surface area (Å²) in [6.07, 6.45) is 1.70. The first-order chi connectivity index (χ1) is 15.9. The molecule has 170 valence electrons. The van der Waals surface area contributed by atoms with Crippen LogP contribution in [0.25, 0.3) is 0 Å². The fourth-order valence-corrected chi connectivity index (χ4v) is 3.64. The molecule has 0 aliphatic carbocycles. The molecule has 1 atom stereocenters. The highest BCUT2D eigenvalue weighted by Gasteiger charge is 2.29. The molecule has 9 heteroatoms. The van der Waals surface area contributed by atoms with Gasteiger partial charge in [0.1, 0.15) is 30.1 Å². The molecular weight excluding hydrogens is 424 g/mol. The van der Waals surface area contributed by atoms with Crippen molar-refractivity contribution < 1.29 is 19.2 Å². The van der Waals surface area contributed by atoms with Crippen molar-refractivity contribution in [1.82, 2.24) is 9.88 Å². The number of rotatable bonds is 8. The van der Waals surface area contributed by atoms with Crippen molar-refractivity contribution in [1.29, 1.82) is 0 Å². The average molecular weight is 448 g/mol. The number of ether oxygens (including phenoxy) is 2. The summed E-state index contributed by atoms with van der Waals surface area (Å²) in [4.78, 5) is 29.7. The van der Waals surface area contributed by atoms with Gasteiger partial charge in [-0.25, -0.2) is 9.78 Å². The number of hydrogen-bond donors (Lipinski definition) is 0. The van der Waals surface area contributed by atoms with E-state index in [4.69, 9.17) is 9.47 Å². The van der Waals surface area contributed by atoms with Gasteiger partial charge >= 0.3 is 6.09 Å². The topological polar surface area (TPSA) is 98.0 Å². The van der Waals surface area contributed by atoms with Crippen molar-refractivity contribution in [3.63, 3.8) is 0 Å². The van der Waals surface area contributed by atoms with Crippen molar-refractivity contribution in [3.05, 3.63) is 82.5 Å². The number of nitrogens with zero attached hydrogens (tertiary/aromatic N) is 4. The molecule has 2 aromatic carbocycles. The van der Waals surface area contributed by atoms with Crippen LogP contribution in [0.5, 0.6) is 11.5 Å². The zero-order valence-corrected chi connectivity index (χ0v) is 18.4. The molecule has 2 heterocycles. The van der Waals surface area contributed by atoms with Crippen LogP contribution < -0.4 is 9.64 Å². The normalized spacial score (nSPS) is 15.3. The van der Waals surface area contributed by atoms with Crippen LogP contribution in [0.15, 0.2) is 66.9 Å². The third-order valence-electron chi connectivity index (χ3n) is 5.55. The second kappa shape index (κ2) is 9.56. The summed E-state index contributed by atoms with van der Waals surface area (Å²) in [5.41, 5.74) is 1.96. The first-order valence-corrected chi connectivity index (χ1v) is 10.6. The van der Waals surface area contributed by atoms with Crippen LogP contribution in [0.1, 0.15) is 12.5 Å². The number of benzene rings is 2. The molecule has 1 aromatic heterocycles. The van der Waals surface area contributed by atoms with Gasteiger partial charge in [-0.2, -0.15) is 0 Å². The lowest BCUT2D eigenvalue weighted by molar-refractivity contribution is -0.385. The molecule has 9 nitrogen and oxygen atoms in total. The van der Waals surface area contributed by atoms with Crippen LogP contribution in [0, 0.1) is 10.1 Å². The Bertz CT molecular complexity index is 1120. The number of pyridine rings is 1. The van der Waals surface area contributed by atoms with Crippen molar-refractivity contribution in [2.45, 2.75) is 19.4 Å². The van der Waals surface area contributed by atoms with Gasteiger partial charge in [0.05, 0.1) is 11.0 Å². The lowest BCUT2D eigenvalue weighted by Crippen LogP contribution is -2.30. The van der Waals surface area contributed by atoms with Crippen molar-refractivity contribution in [2.75, 3.05) is 25.1 Å². The van der Waals surface area contributed by atoms with Crippen LogP contribution in [-0.4, -0.2) is 47.1 Å². The van der Waals surface area contributed by atoms with E-state index >= 15 is 0 Å². The van der Waals surface area contributed by atoms with E-state index < -0.39 is 4.92 Å². The van der Waals surface area contributed by atoms with Gasteiger partial charge in [0, 0.05) is 25.3 Å². The van der Waals surface area contributed by atoms with Crippen LogP contribution >= 0.6 is 0 Å². The van der Waals surface area contributed by atoms with Gasteiger partial charge in [0.15, 0.2) is 0 Å². The van der Waals surface area contributed by atoms with E-state index in [1.165, 1.54) is 12.3 Å². The van der Waals surface area contributed by atoms with Crippen molar-refractivity contribution in [3.8, 4) is 11.5 Å². The Balaban J connectivity index is 1.39. The highest BCUT2D eigenvalue weighted by atomic mass is 16.6. The summed E-state index contributed by atoms with van der Waals surface area (Å²) >= 11 is 0. The first-order valence-electron chi connectivity index (χ1n) is 10.6. The number of likely N-dealkylation sites (N-methyl/N-ethyl adjacent to an activating group) is 1. The van der Waals surface area contributed by atoms with E-state index in [0.29, 0.717) is 30.5 Å². The van der Waals surface area contributed by atoms with E-state index in [-0.39, 0.29) is 17.8 Å². The molecule has 1 aliphatic rings. The molecule has 1 saturated heterocycles. The third kappa shape index (κ3) is 5.03. The largest absolute Gasteiger partial charge is 0.457 e. The standard InChI is InChI=1S/C24H24N4O5/c1-3-27(23-13-8-19(15-25-23)28(30)31)18-6-11-22(12-7-18)33-21-9-4-17(5-10-21)14-20-16-32-24(29)26(20)2/h4-13,15,20H,3,14,16H2,1-2H3/t20-/m0/s1. The molecular formula is C24H24N4O5. The maximum atomic E-state index is 11.5. The summed E-state index contributed by atoms with van der Waals surface area (Å²) < 4.78 is 11.0. The minimum atomic E-state index is -0.464. The van der Waals surface area contributed by atoms with Gasteiger partial charge in [-0.15, -0.1) is 0 Å². The highest BCUT2D eigenvalue weighted by molar-refractivity contribution is 5.69. The lowest BCUT2D eigenvalue weighted by Gasteiger charge is -2.22. The summed E-state index contributed by atoms with van der Waals surface area (Å²) in [7, 11) is 1.75. The first kappa shape index (κ1) is 22.1. The number of carbonyl (C=O) groups is 1. The minimum absolute atomic E-state index is 0.0401. The molecule has 0 unspecified atom stereocenters. The predicted molar refractivity (Wildman–Crippen MR) is 123 cm³/mol. The quantitative estimate of drug-likeness (QED) is 0.356. The summed E-state index contributed by atoms with van der Waals surface area (Å²) in [5.74, 6) is 2.03. The fraction of sp³-hybridized carbons (Fsp3) is 0.250. The Morgan fingerprint density at radius 3 is 2.30 bits per heavy atom. The molecule has 1 aliphatic heterocycles. The van der Waals surface area contributed by atoms with Crippen LogP contribution in [0.2, 0.25) is 0 Å². The van der Waals surface area contributed by atoms with Crippen molar-refractivity contribution >= 4 is 23.3 Å². The third-order valence-corrected chi connectivity index (χ3v) is 5.55. The molecule has 1 amide bonds. The molecule has 0 N–H and O–H groups in total. The summed E-state index contributed by atoms with van der Waals surface area (Å²) in [6.45, 7) is 3.05. The minimum Gasteiger partial charge on any atom is -0.457 e.